The van der Waals surface area contributed by atoms with Gasteiger partial charge in [0, 0.05) is 21.1 Å². The molecule has 0 aliphatic rings. The van der Waals surface area contributed by atoms with E-state index in [4.69, 9.17) is 4.74 Å². The quantitative estimate of drug-likeness (QED) is 0.808. The molecule has 0 aliphatic heterocycles. The highest BCUT2D eigenvalue weighted by Gasteiger charge is 2.16. The third-order valence-corrected chi connectivity index (χ3v) is 2.83. The first-order chi connectivity index (χ1) is 7.13. The molecule has 2 aromatic rings. The van der Waals surface area contributed by atoms with E-state index < -0.39 is 0 Å². The number of carbonyl (C=O) groups is 1. The number of fused-ring (bicyclic) bond motifs is 1. The molecule has 3 nitrogen and oxygen atoms in total. The van der Waals surface area contributed by atoms with E-state index in [0.717, 1.165) is 21.1 Å². The summed E-state index contributed by atoms with van der Waals surface area (Å²) in [5, 5.41) is 0.883. The van der Waals surface area contributed by atoms with Gasteiger partial charge in [-0.25, -0.2) is 4.79 Å². The minimum Gasteiger partial charge on any atom is -0.465 e. The van der Waals surface area contributed by atoms with Crippen LogP contribution in [0.3, 0.4) is 0 Å². The highest BCUT2D eigenvalue weighted by molar-refractivity contribution is 9.10. The van der Waals surface area contributed by atoms with Crippen molar-refractivity contribution in [2.75, 3.05) is 7.11 Å². The van der Waals surface area contributed by atoms with Crippen LogP contribution in [0.4, 0.5) is 0 Å². The van der Waals surface area contributed by atoms with E-state index in [1.807, 2.05) is 25.1 Å². The molecule has 0 bridgehead atoms. The molecule has 78 valence electrons. The number of esters is 1. The number of aromatic nitrogens is 1. The minimum atomic E-state index is -0.308. The smallest absolute Gasteiger partial charge is 0.340 e. The molecule has 0 fully saturated rings. The van der Waals surface area contributed by atoms with Crippen LogP contribution in [0.15, 0.2) is 22.7 Å². The Hall–Kier alpha value is -1.29. The van der Waals surface area contributed by atoms with E-state index in [0.29, 0.717) is 5.56 Å². The topological polar surface area (TPSA) is 42.1 Å². The van der Waals surface area contributed by atoms with Crippen LogP contribution in [-0.4, -0.2) is 18.1 Å². The number of rotatable bonds is 1. The highest BCUT2D eigenvalue weighted by atomic mass is 79.9. The van der Waals surface area contributed by atoms with Gasteiger partial charge in [-0.15, -0.1) is 0 Å². The molecule has 0 amide bonds. The van der Waals surface area contributed by atoms with Crippen molar-refractivity contribution >= 4 is 32.8 Å². The van der Waals surface area contributed by atoms with Gasteiger partial charge in [0.25, 0.3) is 0 Å². The zero-order chi connectivity index (χ0) is 11.0. The lowest BCUT2D eigenvalue weighted by Crippen LogP contribution is -2.01. The number of carbonyl (C=O) groups excluding carboxylic acids is 1. The van der Waals surface area contributed by atoms with Crippen LogP contribution >= 0.6 is 15.9 Å². The van der Waals surface area contributed by atoms with E-state index in [-0.39, 0.29) is 5.97 Å². The maximum absolute atomic E-state index is 11.6. The molecule has 0 atom stereocenters. The number of aryl methyl sites for hydroxylation is 1. The lowest BCUT2D eigenvalue weighted by molar-refractivity contribution is 0.0602. The summed E-state index contributed by atoms with van der Waals surface area (Å²) in [5.74, 6) is -0.308. The van der Waals surface area contributed by atoms with Crippen molar-refractivity contribution in [1.29, 1.82) is 0 Å². The molecular weight excluding hydrogens is 258 g/mol. The predicted octanol–water partition coefficient (Wildman–Crippen LogP) is 3.03. The van der Waals surface area contributed by atoms with Gasteiger partial charge in [0.05, 0.1) is 12.7 Å². The number of aromatic amines is 1. The average Bonchev–Trinajstić information content (AvgIpc) is 2.52. The summed E-state index contributed by atoms with van der Waals surface area (Å²) < 4.78 is 5.69. The van der Waals surface area contributed by atoms with E-state index in [9.17, 15) is 4.79 Å². The first-order valence-corrected chi connectivity index (χ1v) is 5.29. The first kappa shape index (κ1) is 10.2. The molecule has 0 saturated heterocycles. The molecule has 0 radical (unpaired) electrons. The Labute approximate surface area is 95.6 Å². The second-order valence-corrected chi connectivity index (χ2v) is 4.22. The van der Waals surface area contributed by atoms with Crippen LogP contribution in [0.1, 0.15) is 16.1 Å². The van der Waals surface area contributed by atoms with Gasteiger partial charge >= 0.3 is 5.97 Å². The lowest BCUT2D eigenvalue weighted by atomic mass is 10.1. The fourth-order valence-electron chi connectivity index (χ4n) is 1.66. The van der Waals surface area contributed by atoms with E-state index in [2.05, 4.69) is 20.9 Å². The lowest BCUT2D eigenvalue weighted by Gasteiger charge is -1.98. The predicted molar refractivity (Wildman–Crippen MR) is 62.1 cm³/mol. The van der Waals surface area contributed by atoms with Gasteiger partial charge in [0.2, 0.25) is 0 Å². The van der Waals surface area contributed by atoms with Crippen molar-refractivity contribution in [3.8, 4) is 0 Å². The molecule has 2 rings (SSSR count). The summed E-state index contributed by atoms with van der Waals surface area (Å²) in [5.41, 5.74) is 2.37. The van der Waals surface area contributed by atoms with Crippen molar-refractivity contribution < 1.29 is 9.53 Å². The number of benzene rings is 1. The fraction of sp³-hybridized carbons (Fsp3) is 0.182. The number of ether oxygens (including phenoxy) is 1. The summed E-state index contributed by atoms with van der Waals surface area (Å²) in [6.45, 7) is 1.86. The SMILES string of the molecule is COC(=O)c1c(C)[nH]c2ccc(Br)cc12. The molecule has 1 N–H and O–H groups in total. The Morgan fingerprint density at radius 2 is 2.20 bits per heavy atom. The first-order valence-electron chi connectivity index (χ1n) is 4.49. The second kappa shape index (κ2) is 3.70. The standard InChI is InChI=1S/C11H10BrNO2/c1-6-10(11(14)15-2)8-5-7(12)3-4-9(8)13-6/h3-5,13H,1-2H3. The Morgan fingerprint density at radius 1 is 1.47 bits per heavy atom. The molecule has 1 heterocycles. The normalized spacial score (nSPS) is 10.6. The zero-order valence-electron chi connectivity index (χ0n) is 8.43. The van der Waals surface area contributed by atoms with Crippen LogP contribution in [0, 0.1) is 6.92 Å². The number of halogens is 1. The number of hydrogen-bond acceptors (Lipinski definition) is 2. The van der Waals surface area contributed by atoms with Gasteiger partial charge in [-0.3, -0.25) is 0 Å². The molecule has 0 aliphatic carbocycles. The van der Waals surface area contributed by atoms with Gasteiger partial charge in [0.15, 0.2) is 0 Å². The summed E-state index contributed by atoms with van der Waals surface area (Å²) in [6.07, 6.45) is 0. The number of methoxy groups -OCH3 is 1. The Balaban J connectivity index is 2.76. The van der Waals surface area contributed by atoms with Gasteiger partial charge in [-0.1, -0.05) is 15.9 Å². The van der Waals surface area contributed by atoms with Crippen LogP contribution < -0.4 is 0 Å². The van der Waals surface area contributed by atoms with Crippen molar-refractivity contribution in [3.05, 3.63) is 33.9 Å². The Bertz CT molecular complexity index is 531. The van der Waals surface area contributed by atoms with E-state index in [1.165, 1.54) is 7.11 Å². The van der Waals surface area contributed by atoms with Gasteiger partial charge in [-0.05, 0) is 25.1 Å². The summed E-state index contributed by atoms with van der Waals surface area (Å²) >= 11 is 3.38. The third-order valence-electron chi connectivity index (χ3n) is 2.34. The Morgan fingerprint density at radius 3 is 2.87 bits per heavy atom. The van der Waals surface area contributed by atoms with Crippen molar-refractivity contribution in [2.24, 2.45) is 0 Å². The monoisotopic (exact) mass is 267 g/mol. The summed E-state index contributed by atoms with van der Waals surface area (Å²) in [7, 11) is 1.39. The molecule has 0 saturated carbocycles. The van der Waals surface area contributed by atoms with Crippen molar-refractivity contribution in [3.63, 3.8) is 0 Å². The molecule has 4 heteroatoms. The van der Waals surface area contributed by atoms with Crippen molar-refractivity contribution in [2.45, 2.75) is 6.92 Å². The Kier molecular flexibility index (Phi) is 2.52. The molecule has 1 aromatic heterocycles. The largest absolute Gasteiger partial charge is 0.465 e. The number of H-pyrrole nitrogens is 1. The number of nitrogens with one attached hydrogen (secondary N) is 1. The average molecular weight is 268 g/mol. The summed E-state index contributed by atoms with van der Waals surface area (Å²) in [6, 6.07) is 5.77. The van der Waals surface area contributed by atoms with Gasteiger partial charge < -0.3 is 9.72 Å². The molecule has 1 aromatic carbocycles. The molecule has 0 spiro atoms. The number of hydrogen-bond donors (Lipinski definition) is 1. The molecule has 0 unspecified atom stereocenters. The molecular formula is C11H10BrNO2. The summed E-state index contributed by atoms with van der Waals surface area (Å²) in [4.78, 5) is 14.7. The fourth-order valence-corrected chi connectivity index (χ4v) is 2.03. The van der Waals surface area contributed by atoms with Gasteiger partial charge in [0.1, 0.15) is 0 Å². The van der Waals surface area contributed by atoms with Crippen LogP contribution in [0.2, 0.25) is 0 Å². The zero-order valence-corrected chi connectivity index (χ0v) is 10.0. The minimum absolute atomic E-state index is 0.308. The van der Waals surface area contributed by atoms with Crippen LogP contribution in [-0.2, 0) is 4.74 Å². The second-order valence-electron chi connectivity index (χ2n) is 3.31. The van der Waals surface area contributed by atoms with Crippen molar-refractivity contribution in [1.82, 2.24) is 4.98 Å². The van der Waals surface area contributed by atoms with Crippen LogP contribution in [0.5, 0.6) is 0 Å². The van der Waals surface area contributed by atoms with E-state index >= 15 is 0 Å². The van der Waals surface area contributed by atoms with E-state index in [1.54, 1.807) is 0 Å². The van der Waals surface area contributed by atoms with Gasteiger partial charge in [-0.2, -0.15) is 0 Å². The highest BCUT2D eigenvalue weighted by Crippen LogP contribution is 2.25. The van der Waals surface area contributed by atoms with Crippen LogP contribution in [0.25, 0.3) is 10.9 Å². The maximum Gasteiger partial charge on any atom is 0.340 e. The third kappa shape index (κ3) is 1.65. The maximum atomic E-state index is 11.6. The molecule has 15 heavy (non-hydrogen) atoms.